The van der Waals surface area contributed by atoms with Crippen LogP contribution >= 0.6 is 0 Å². The molecular weight excluding hydrogens is 152 g/mol. The number of furan rings is 1. The maximum atomic E-state index is 8.64. The van der Waals surface area contributed by atoms with Gasteiger partial charge in [0.15, 0.2) is 0 Å². The molecule has 0 fully saturated rings. The van der Waals surface area contributed by atoms with Gasteiger partial charge in [0.2, 0.25) is 0 Å². The second kappa shape index (κ2) is 5.84. The Hall–Kier alpha value is -0.760. The SMILES string of the molecule is CC.CC(C)c1ccc(CO)o1. The van der Waals surface area contributed by atoms with E-state index in [1.807, 2.05) is 19.9 Å². The Bertz CT molecular complexity index is 201. The molecule has 0 aliphatic rings. The fourth-order valence-electron chi connectivity index (χ4n) is 0.790. The van der Waals surface area contributed by atoms with Gasteiger partial charge in [0.1, 0.15) is 18.1 Å². The van der Waals surface area contributed by atoms with Gasteiger partial charge >= 0.3 is 0 Å². The number of aliphatic hydroxyl groups is 1. The van der Waals surface area contributed by atoms with Crippen molar-refractivity contribution in [3.63, 3.8) is 0 Å². The molecule has 0 saturated carbocycles. The molecule has 1 aromatic heterocycles. The predicted molar refractivity (Wildman–Crippen MR) is 50.1 cm³/mol. The fourth-order valence-corrected chi connectivity index (χ4v) is 0.790. The van der Waals surface area contributed by atoms with E-state index in [-0.39, 0.29) is 6.61 Å². The van der Waals surface area contributed by atoms with Crippen LogP contribution in [0, 0.1) is 0 Å². The normalized spacial score (nSPS) is 9.50. The fraction of sp³-hybridized carbons (Fsp3) is 0.600. The highest BCUT2D eigenvalue weighted by Crippen LogP contribution is 2.16. The molecular formula is C10H18O2. The van der Waals surface area contributed by atoms with Gasteiger partial charge in [-0.3, -0.25) is 0 Å². The lowest BCUT2D eigenvalue weighted by molar-refractivity contribution is 0.242. The first kappa shape index (κ1) is 11.2. The van der Waals surface area contributed by atoms with Gasteiger partial charge in [0, 0.05) is 5.92 Å². The minimum absolute atomic E-state index is 0.00722. The van der Waals surface area contributed by atoms with E-state index in [1.54, 1.807) is 6.07 Å². The molecule has 1 rings (SSSR count). The highest BCUT2D eigenvalue weighted by Gasteiger charge is 2.03. The first-order chi connectivity index (χ1) is 5.74. The smallest absolute Gasteiger partial charge is 0.129 e. The monoisotopic (exact) mass is 170 g/mol. The van der Waals surface area contributed by atoms with E-state index in [9.17, 15) is 0 Å². The van der Waals surface area contributed by atoms with Crippen molar-refractivity contribution in [2.24, 2.45) is 0 Å². The molecule has 1 N–H and O–H groups in total. The summed E-state index contributed by atoms with van der Waals surface area (Å²) in [5, 5.41) is 8.64. The van der Waals surface area contributed by atoms with Gasteiger partial charge in [-0.2, -0.15) is 0 Å². The molecule has 0 atom stereocenters. The molecule has 12 heavy (non-hydrogen) atoms. The van der Waals surface area contributed by atoms with Gasteiger partial charge in [-0.15, -0.1) is 0 Å². The molecule has 0 spiro atoms. The van der Waals surface area contributed by atoms with Gasteiger partial charge in [0.25, 0.3) is 0 Å². The van der Waals surface area contributed by atoms with Crippen LogP contribution in [-0.2, 0) is 6.61 Å². The minimum Gasteiger partial charge on any atom is -0.463 e. The van der Waals surface area contributed by atoms with Crippen LogP contribution in [0.5, 0.6) is 0 Å². The molecule has 0 amide bonds. The number of rotatable bonds is 2. The molecule has 0 saturated heterocycles. The maximum absolute atomic E-state index is 8.64. The lowest BCUT2D eigenvalue weighted by Gasteiger charge is -1.96. The molecule has 70 valence electrons. The van der Waals surface area contributed by atoms with Crippen LogP contribution in [-0.4, -0.2) is 5.11 Å². The Labute approximate surface area is 74.2 Å². The van der Waals surface area contributed by atoms with Crippen molar-refractivity contribution in [2.75, 3.05) is 0 Å². The molecule has 0 aliphatic carbocycles. The maximum Gasteiger partial charge on any atom is 0.129 e. The van der Waals surface area contributed by atoms with E-state index < -0.39 is 0 Å². The Kier molecular flexibility index (Phi) is 5.47. The molecule has 0 aliphatic heterocycles. The molecule has 0 radical (unpaired) electrons. The summed E-state index contributed by atoms with van der Waals surface area (Å²) in [7, 11) is 0. The standard InChI is InChI=1S/C8H12O2.C2H6/c1-6(2)8-4-3-7(5-9)10-8;1-2/h3-4,6,9H,5H2,1-2H3;1-2H3. The zero-order valence-electron chi connectivity index (χ0n) is 8.29. The largest absolute Gasteiger partial charge is 0.463 e. The summed E-state index contributed by atoms with van der Waals surface area (Å²) in [6.07, 6.45) is 0. The third kappa shape index (κ3) is 3.09. The van der Waals surface area contributed by atoms with Gasteiger partial charge in [-0.25, -0.2) is 0 Å². The zero-order valence-corrected chi connectivity index (χ0v) is 8.29. The molecule has 2 nitrogen and oxygen atoms in total. The van der Waals surface area contributed by atoms with E-state index in [4.69, 9.17) is 9.52 Å². The van der Waals surface area contributed by atoms with Crippen LogP contribution < -0.4 is 0 Å². The zero-order chi connectivity index (χ0) is 9.56. The number of hydrogen-bond donors (Lipinski definition) is 1. The van der Waals surface area contributed by atoms with Crippen molar-refractivity contribution in [3.05, 3.63) is 23.7 Å². The predicted octanol–water partition coefficient (Wildman–Crippen LogP) is 2.92. The van der Waals surface area contributed by atoms with Crippen molar-refractivity contribution >= 4 is 0 Å². The summed E-state index contributed by atoms with van der Waals surface area (Å²) in [5.74, 6) is 1.98. The molecule has 0 unspecified atom stereocenters. The second-order valence-electron chi connectivity index (χ2n) is 2.62. The van der Waals surface area contributed by atoms with E-state index in [2.05, 4.69) is 13.8 Å². The van der Waals surface area contributed by atoms with Gasteiger partial charge in [0.05, 0.1) is 0 Å². The van der Waals surface area contributed by atoms with Gasteiger partial charge in [-0.05, 0) is 12.1 Å². The Balaban J connectivity index is 0.000000561. The Morgan fingerprint density at radius 2 is 1.92 bits per heavy atom. The third-order valence-electron chi connectivity index (χ3n) is 1.41. The van der Waals surface area contributed by atoms with Crippen LogP contribution in [0.3, 0.4) is 0 Å². The second-order valence-corrected chi connectivity index (χ2v) is 2.62. The van der Waals surface area contributed by atoms with Gasteiger partial charge in [-0.1, -0.05) is 27.7 Å². The molecule has 2 heteroatoms. The van der Waals surface area contributed by atoms with E-state index in [1.165, 1.54) is 0 Å². The van der Waals surface area contributed by atoms with Crippen molar-refractivity contribution in [1.29, 1.82) is 0 Å². The van der Waals surface area contributed by atoms with Crippen LogP contribution in [0.1, 0.15) is 45.1 Å². The molecule has 0 aromatic carbocycles. The quantitative estimate of drug-likeness (QED) is 0.740. The lowest BCUT2D eigenvalue weighted by atomic mass is 10.2. The highest BCUT2D eigenvalue weighted by molar-refractivity contribution is 5.09. The molecule has 1 heterocycles. The van der Waals surface area contributed by atoms with E-state index in [0.717, 1.165) is 5.76 Å². The molecule has 0 bridgehead atoms. The number of hydrogen-bond acceptors (Lipinski definition) is 2. The highest BCUT2D eigenvalue weighted by atomic mass is 16.4. The van der Waals surface area contributed by atoms with E-state index >= 15 is 0 Å². The summed E-state index contributed by atoms with van der Waals surface area (Å²) in [4.78, 5) is 0. The summed E-state index contributed by atoms with van der Waals surface area (Å²) in [5.41, 5.74) is 0. The van der Waals surface area contributed by atoms with Gasteiger partial charge < -0.3 is 9.52 Å². The van der Waals surface area contributed by atoms with Crippen molar-refractivity contribution < 1.29 is 9.52 Å². The first-order valence-electron chi connectivity index (χ1n) is 4.43. The van der Waals surface area contributed by atoms with Crippen molar-refractivity contribution in [1.82, 2.24) is 0 Å². The van der Waals surface area contributed by atoms with Crippen LogP contribution in [0.15, 0.2) is 16.5 Å². The van der Waals surface area contributed by atoms with Crippen LogP contribution in [0.2, 0.25) is 0 Å². The van der Waals surface area contributed by atoms with E-state index in [0.29, 0.717) is 11.7 Å². The summed E-state index contributed by atoms with van der Waals surface area (Å²) in [6, 6.07) is 3.70. The minimum atomic E-state index is -0.00722. The third-order valence-corrected chi connectivity index (χ3v) is 1.41. The topological polar surface area (TPSA) is 33.4 Å². The van der Waals surface area contributed by atoms with Crippen LogP contribution in [0.4, 0.5) is 0 Å². The van der Waals surface area contributed by atoms with Crippen molar-refractivity contribution in [3.8, 4) is 0 Å². The van der Waals surface area contributed by atoms with Crippen molar-refractivity contribution in [2.45, 2.75) is 40.2 Å². The Morgan fingerprint density at radius 1 is 1.33 bits per heavy atom. The van der Waals surface area contributed by atoms with Crippen LogP contribution in [0.25, 0.3) is 0 Å². The summed E-state index contributed by atoms with van der Waals surface area (Å²) >= 11 is 0. The average molecular weight is 170 g/mol. The first-order valence-corrected chi connectivity index (χ1v) is 4.43. The lowest BCUT2D eigenvalue weighted by Crippen LogP contribution is -1.81. The average Bonchev–Trinajstić information content (AvgIpc) is 2.55. The molecule has 1 aromatic rings. The summed E-state index contributed by atoms with van der Waals surface area (Å²) in [6.45, 7) is 8.10. The number of aliphatic hydroxyl groups excluding tert-OH is 1. The Morgan fingerprint density at radius 3 is 2.17 bits per heavy atom. The summed E-state index contributed by atoms with van der Waals surface area (Å²) < 4.78 is 5.24.